The molecule has 1 atom stereocenters. The van der Waals surface area contributed by atoms with Crippen LogP contribution in [0.25, 0.3) is 10.6 Å². The van der Waals surface area contributed by atoms with Crippen LogP contribution in [0.15, 0.2) is 29.2 Å². The lowest BCUT2D eigenvalue weighted by atomic mass is 10.0. The molecule has 0 saturated carbocycles. The maximum atomic E-state index is 14.0. The number of nitrogens with zero attached hydrogens (tertiary/aromatic N) is 5. The van der Waals surface area contributed by atoms with Crippen LogP contribution >= 0.6 is 11.3 Å². The molecule has 2 aromatic heterocycles. The number of benzene rings is 1. The topological polar surface area (TPSA) is 91.6 Å². The Balaban J connectivity index is 1.57. The van der Waals surface area contributed by atoms with Gasteiger partial charge in [-0.25, -0.2) is 8.78 Å². The van der Waals surface area contributed by atoms with Gasteiger partial charge in [0.05, 0.1) is 5.56 Å². The standard InChI is InChI=1S/C22H21F2N5O3S/c1-3-22-7-4-8-28(22)21(32)17-19(31)18(30)14(11-29(17)27(22)2)20-26-25-16(33-20)9-12-5-6-13(23)10-15(12)24/h5-6,10-11,31H,3-4,7-9H2,1-2H3. The summed E-state index contributed by atoms with van der Waals surface area (Å²) in [5.41, 5.74) is -0.982. The summed E-state index contributed by atoms with van der Waals surface area (Å²) in [6.45, 7) is 2.56. The van der Waals surface area contributed by atoms with Gasteiger partial charge in [0.15, 0.2) is 16.5 Å². The zero-order valence-electron chi connectivity index (χ0n) is 18.0. The number of amides is 1. The van der Waals surface area contributed by atoms with Crippen LogP contribution in [0.4, 0.5) is 8.78 Å². The van der Waals surface area contributed by atoms with Gasteiger partial charge >= 0.3 is 0 Å². The van der Waals surface area contributed by atoms with E-state index < -0.39 is 28.5 Å². The number of hydrogen-bond donors (Lipinski definition) is 1. The molecule has 1 unspecified atom stereocenters. The maximum Gasteiger partial charge on any atom is 0.278 e. The molecule has 1 fully saturated rings. The fourth-order valence-corrected chi connectivity index (χ4v) is 5.72. The van der Waals surface area contributed by atoms with Gasteiger partial charge in [-0.1, -0.05) is 24.3 Å². The number of aromatic nitrogens is 3. The van der Waals surface area contributed by atoms with Crippen molar-refractivity contribution in [2.45, 2.75) is 38.3 Å². The van der Waals surface area contributed by atoms with Crippen molar-refractivity contribution in [1.82, 2.24) is 19.8 Å². The minimum atomic E-state index is -0.721. The van der Waals surface area contributed by atoms with Gasteiger partial charge in [-0.05, 0) is 30.9 Å². The van der Waals surface area contributed by atoms with Gasteiger partial charge in [0, 0.05) is 32.3 Å². The molecule has 172 valence electrons. The fourth-order valence-electron chi connectivity index (χ4n) is 4.85. The summed E-state index contributed by atoms with van der Waals surface area (Å²) >= 11 is 1.07. The smallest absolute Gasteiger partial charge is 0.278 e. The lowest BCUT2D eigenvalue weighted by molar-refractivity contribution is 0.0429. The molecule has 0 bridgehead atoms. The monoisotopic (exact) mass is 473 g/mol. The predicted molar refractivity (Wildman–Crippen MR) is 118 cm³/mol. The molecule has 3 aromatic rings. The van der Waals surface area contributed by atoms with E-state index in [0.29, 0.717) is 18.0 Å². The summed E-state index contributed by atoms with van der Waals surface area (Å²) in [7, 11) is 1.83. The average Bonchev–Trinajstić information content (AvgIpc) is 3.44. The molecule has 1 aromatic carbocycles. The summed E-state index contributed by atoms with van der Waals surface area (Å²) in [6, 6.07) is 3.30. The molecular formula is C22H21F2N5O3S. The van der Waals surface area contributed by atoms with Crippen LogP contribution in [-0.4, -0.2) is 50.0 Å². The molecule has 11 heteroatoms. The van der Waals surface area contributed by atoms with Gasteiger partial charge < -0.3 is 10.0 Å². The van der Waals surface area contributed by atoms with Crippen molar-refractivity contribution in [2.75, 3.05) is 18.6 Å². The average molecular weight is 474 g/mol. The predicted octanol–water partition coefficient (Wildman–Crippen LogP) is 2.87. The van der Waals surface area contributed by atoms with Gasteiger partial charge in [-0.2, -0.15) is 0 Å². The van der Waals surface area contributed by atoms with E-state index in [2.05, 4.69) is 10.2 Å². The van der Waals surface area contributed by atoms with E-state index in [4.69, 9.17) is 0 Å². The van der Waals surface area contributed by atoms with Crippen LogP contribution in [0.1, 0.15) is 47.2 Å². The third-order valence-corrected chi connectivity index (χ3v) is 7.58. The second-order valence-corrected chi connectivity index (χ2v) is 9.31. The zero-order valence-corrected chi connectivity index (χ0v) is 18.8. The molecule has 0 aliphatic carbocycles. The minimum Gasteiger partial charge on any atom is -0.502 e. The van der Waals surface area contributed by atoms with Crippen molar-refractivity contribution in [3.63, 3.8) is 0 Å². The molecule has 1 N–H and O–H groups in total. The highest BCUT2D eigenvalue weighted by Gasteiger charge is 2.51. The highest BCUT2D eigenvalue weighted by molar-refractivity contribution is 7.14. The van der Waals surface area contributed by atoms with E-state index in [1.807, 2.05) is 19.0 Å². The lowest BCUT2D eigenvalue weighted by Crippen LogP contribution is -2.66. The number of pyridine rings is 1. The number of hydrogen-bond acceptors (Lipinski definition) is 7. The first-order valence-corrected chi connectivity index (χ1v) is 11.4. The molecule has 4 heterocycles. The number of fused-ring (bicyclic) bond motifs is 2. The Labute approximate surface area is 191 Å². The summed E-state index contributed by atoms with van der Waals surface area (Å²) in [5, 5.41) is 21.4. The number of rotatable bonds is 4. The van der Waals surface area contributed by atoms with Crippen molar-refractivity contribution in [1.29, 1.82) is 0 Å². The van der Waals surface area contributed by atoms with Crippen molar-refractivity contribution >= 4 is 17.2 Å². The second kappa shape index (κ2) is 7.62. The van der Waals surface area contributed by atoms with Gasteiger partial charge in [0.25, 0.3) is 5.91 Å². The van der Waals surface area contributed by atoms with Crippen molar-refractivity contribution in [3.8, 4) is 16.3 Å². The first kappa shape index (κ1) is 21.5. The summed E-state index contributed by atoms with van der Waals surface area (Å²) < 4.78 is 28.7. The molecule has 2 aliphatic rings. The van der Waals surface area contributed by atoms with Gasteiger partial charge in [-0.3, -0.25) is 19.3 Å². The van der Waals surface area contributed by atoms with Gasteiger partial charge in [-0.15, -0.1) is 10.2 Å². The lowest BCUT2D eigenvalue weighted by Gasteiger charge is -2.50. The van der Waals surface area contributed by atoms with Crippen LogP contribution in [-0.2, 0) is 6.42 Å². The Morgan fingerprint density at radius 2 is 2.03 bits per heavy atom. The zero-order chi connectivity index (χ0) is 23.5. The first-order valence-electron chi connectivity index (χ1n) is 10.6. The number of halogens is 2. The molecule has 5 rings (SSSR count). The number of carbonyl (C=O) groups excluding carboxylic acids is 1. The highest BCUT2D eigenvalue weighted by Crippen LogP contribution is 2.40. The van der Waals surface area contributed by atoms with E-state index in [9.17, 15) is 23.5 Å². The molecule has 1 saturated heterocycles. The van der Waals surface area contributed by atoms with Crippen molar-refractivity contribution in [3.05, 3.63) is 62.5 Å². The molecular weight excluding hydrogens is 452 g/mol. The van der Waals surface area contributed by atoms with Crippen LogP contribution < -0.4 is 10.4 Å². The Bertz CT molecular complexity index is 1340. The Morgan fingerprint density at radius 3 is 2.76 bits per heavy atom. The van der Waals surface area contributed by atoms with E-state index in [1.54, 1.807) is 4.90 Å². The third-order valence-electron chi connectivity index (χ3n) is 6.62. The Hall–Kier alpha value is -3.34. The second-order valence-electron chi connectivity index (χ2n) is 8.25. The van der Waals surface area contributed by atoms with Crippen molar-refractivity contribution in [2.24, 2.45) is 0 Å². The Morgan fingerprint density at radius 1 is 1.24 bits per heavy atom. The number of carbonyl (C=O) groups is 1. The molecule has 8 nitrogen and oxygen atoms in total. The summed E-state index contributed by atoms with van der Waals surface area (Å²) in [4.78, 5) is 27.9. The van der Waals surface area contributed by atoms with Gasteiger partial charge in [0.1, 0.15) is 22.3 Å². The normalized spacial score (nSPS) is 19.7. The summed E-state index contributed by atoms with van der Waals surface area (Å²) in [5.74, 6) is -2.37. The molecule has 2 aliphatic heterocycles. The van der Waals surface area contributed by atoms with Crippen LogP contribution in [0.3, 0.4) is 0 Å². The number of aromatic hydroxyl groups is 1. The minimum absolute atomic E-state index is 0.0738. The maximum absolute atomic E-state index is 14.0. The third kappa shape index (κ3) is 3.13. The quantitative estimate of drug-likeness (QED) is 0.627. The van der Waals surface area contributed by atoms with E-state index in [1.165, 1.54) is 16.9 Å². The molecule has 1 amide bonds. The van der Waals surface area contributed by atoms with Crippen LogP contribution in [0.2, 0.25) is 0 Å². The summed E-state index contributed by atoms with van der Waals surface area (Å²) in [6.07, 6.45) is 3.87. The molecule has 33 heavy (non-hydrogen) atoms. The van der Waals surface area contributed by atoms with E-state index in [-0.39, 0.29) is 34.2 Å². The largest absolute Gasteiger partial charge is 0.502 e. The highest BCUT2D eigenvalue weighted by atomic mass is 32.1. The molecule has 0 radical (unpaired) electrons. The van der Waals surface area contributed by atoms with Crippen LogP contribution in [0.5, 0.6) is 5.75 Å². The van der Waals surface area contributed by atoms with Crippen LogP contribution in [0, 0.1) is 11.6 Å². The fraction of sp³-hybridized carbons (Fsp3) is 0.364. The van der Waals surface area contributed by atoms with Gasteiger partial charge in [0.2, 0.25) is 5.43 Å². The SMILES string of the molecule is CCC12CCCN1C(=O)c1c(O)c(=O)c(-c3nnc(Cc4ccc(F)cc4F)s3)cn1N2C. The Kier molecular flexibility index (Phi) is 4.96. The van der Waals surface area contributed by atoms with Crippen molar-refractivity contribution < 1.29 is 18.7 Å². The molecule has 0 spiro atoms. The first-order chi connectivity index (χ1) is 15.8. The van der Waals surface area contributed by atoms with E-state index >= 15 is 0 Å². The van der Waals surface area contributed by atoms with E-state index in [0.717, 1.165) is 36.3 Å².